The van der Waals surface area contributed by atoms with Crippen molar-refractivity contribution >= 4 is 12.0 Å². The fourth-order valence-electron chi connectivity index (χ4n) is 6.56. The predicted molar refractivity (Wildman–Crippen MR) is 180 cm³/mol. The molecule has 1 fully saturated rings. The minimum absolute atomic E-state index is 0.107. The zero-order valence-electron chi connectivity index (χ0n) is 26.9. The molecule has 0 unspecified atom stereocenters. The summed E-state index contributed by atoms with van der Waals surface area (Å²) in [7, 11) is 0. The number of hydrogen-bond acceptors (Lipinski definition) is 4. The number of likely N-dealkylation sites (tertiary alicyclic amines) is 1. The highest BCUT2D eigenvalue weighted by Gasteiger charge is 2.35. The molecule has 1 saturated heterocycles. The average Bonchev–Trinajstić information content (AvgIpc) is 3.12. The number of piperidine rings is 1. The van der Waals surface area contributed by atoms with Crippen molar-refractivity contribution in [2.24, 2.45) is 0 Å². The lowest BCUT2D eigenvalue weighted by atomic mass is 9.71. The van der Waals surface area contributed by atoms with Gasteiger partial charge in [-0.3, -0.25) is 4.79 Å². The van der Waals surface area contributed by atoms with Crippen LogP contribution in [-0.2, 0) is 27.7 Å². The minimum atomic E-state index is -4.34. The third-order valence-electron chi connectivity index (χ3n) is 9.20. The van der Waals surface area contributed by atoms with Crippen LogP contribution in [0, 0.1) is 0 Å². The standard InChI is InChI=1S/C39H42F3N3O3/c40-39(41,42)35-19-10-14-32(26-35)31-20-24-45(25-21-31)23-11-22-38(33-15-6-2-7-16-33,34-17-8-3-9-18-34)29-44-36(46)27-43-37(47)48-28-30-12-4-1-5-13-30/h1-10,12-19,26,31H,11,20-25,27-29H2,(H,43,47)(H,44,46). The van der Waals surface area contributed by atoms with Gasteiger partial charge in [0.15, 0.2) is 0 Å². The summed E-state index contributed by atoms with van der Waals surface area (Å²) in [5.74, 6) is -0.213. The molecule has 1 aliphatic rings. The van der Waals surface area contributed by atoms with Crippen LogP contribution in [0.25, 0.3) is 0 Å². The number of ether oxygens (including phenoxy) is 1. The van der Waals surface area contributed by atoms with Crippen molar-refractivity contribution in [1.29, 1.82) is 0 Å². The molecule has 6 nitrogen and oxygen atoms in total. The summed E-state index contributed by atoms with van der Waals surface area (Å²) in [6, 6.07) is 35.3. The molecule has 2 amide bonds. The molecular formula is C39H42F3N3O3. The largest absolute Gasteiger partial charge is 0.445 e. The van der Waals surface area contributed by atoms with Gasteiger partial charge in [-0.1, -0.05) is 109 Å². The van der Waals surface area contributed by atoms with E-state index in [4.69, 9.17) is 4.74 Å². The average molecular weight is 658 g/mol. The topological polar surface area (TPSA) is 70.7 Å². The molecule has 0 radical (unpaired) electrons. The molecule has 4 aromatic rings. The molecule has 4 aromatic carbocycles. The van der Waals surface area contributed by atoms with Crippen LogP contribution in [0.15, 0.2) is 115 Å². The third kappa shape index (κ3) is 9.47. The Balaban J connectivity index is 1.20. The Morgan fingerprint density at radius 2 is 1.33 bits per heavy atom. The molecule has 0 atom stereocenters. The Bertz CT molecular complexity index is 1550. The van der Waals surface area contributed by atoms with E-state index in [-0.39, 0.29) is 25.0 Å². The highest BCUT2D eigenvalue weighted by atomic mass is 19.4. The van der Waals surface area contributed by atoms with Gasteiger partial charge in [0.1, 0.15) is 6.61 Å². The Morgan fingerprint density at radius 1 is 0.750 bits per heavy atom. The lowest BCUT2D eigenvalue weighted by Gasteiger charge is -2.37. The molecule has 0 bridgehead atoms. The molecular weight excluding hydrogens is 615 g/mol. The van der Waals surface area contributed by atoms with Gasteiger partial charge in [-0.25, -0.2) is 4.79 Å². The Morgan fingerprint density at radius 3 is 1.94 bits per heavy atom. The van der Waals surface area contributed by atoms with E-state index in [9.17, 15) is 22.8 Å². The van der Waals surface area contributed by atoms with Crippen molar-refractivity contribution < 1.29 is 27.5 Å². The summed E-state index contributed by atoms with van der Waals surface area (Å²) < 4.78 is 45.1. The lowest BCUT2D eigenvalue weighted by Crippen LogP contribution is -2.45. The second kappa shape index (κ2) is 16.5. The van der Waals surface area contributed by atoms with Crippen LogP contribution in [0.4, 0.5) is 18.0 Å². The van der Waals surface area contributed by atoms with Crippen LogP contribution in [0.2, 0.25) is 0 Å². The van der Waals surface area contributed by atoms with Gasteiger partial charge in [-0.05, 0) is 79.6 Å². The first-order valence-electron chi connectivity index (χ1n) is 16.4. The normalized spacial score (nSPS) is 14.3. The molecule has 9 heteroatoms. The van der Waals surface area contributed by atoms with Gasteiger partial charge in [0, 0.05) is 12.0 Å². The number of carbonyl (C=O) groups excluding carboxylic acids is 2. The van der Waals surface area contributed by atoms with Crippen LogP contribution in [-0.4, -0.2) is 49.6 Å². The second-order valence-electron chi connectivity index (χ2n) is 12.3. The summed E-state index contributed by atoms with van der Waals surface area (Å²) in [4.78, 5) is 27.7. The molecule has 0 spiro atoms. The monoisotopic (exact) mass is 657 g/mol. The highest BCUT2D eigenvalue weighted by Crippen LogP contribution is 2.38. The van der Waals surface area contributed by atoms with E-state index >= 15 is 0 Å². The first kappa shape index (κ1) is 34.7. The van der Waals surface area contributed by atoms with E-state index in [1.165, 1.54) is 12.1 Å². The number of halogens is 3. The van der Waals surface area contributed by atoms with Crippen LogP contribution >= 0.6 is 0 Å². The maximum Gasteiger partial charge on any atom is 0.416 e. The van der Waals surface area contributed by atoms with Gasteiger partial charge in [0.25, 0.3) is 0 Å². The molecule has 0 saturated carbocycles. The fraction of sp³-hybridized carbons (Fsp3) is 0.333. The fourth-order valence-corrected chi connectivity index (χ4v) is 6.56. The van der Waals surface area contributed by atoms with Crippen molar-refractivity contribution in [2.75, 3.05) is 32.7 Å². The van der Waals surface area contributed by atoms with Crippen molar-refractivity contribution in [1.82, 2.24) is 15.5 Å². The lowest BCUT2D eigenvalue weighted by molar-refractivity contribution is -0.137. The number of nitrogens with zero attached hydrogens (tertiary/aromatic N) is 1. The molecule has 252 valence electrons. The molecule has 0 aliphatic carbocycles. The van der Waals surface area contributed by atoms with E-state index in [1.807, 2.05) is 66.7 Å². The van der Waals surface area contributed by atoms with Gasteiger partial charge in [0.05, 0.1) is 12.1 Å². The SMILES string of the molecule is O=C(CNC(=O)OCc1ccccc1)NCC(CCCN1CCC(c2cccc(C(F)(F)F)c2)CC1)(c1ccccc1)c1ccccc1. The first-order chi connectivity index (χ1) is 23.2. The van der Waals surface area contributed by atoms with E-state index in [2.05, 4.69) is 39.8 Å². The molecule has 48 heavy (non-hydrogen) atoms. The summed E-state index contributed by atoms with van der Waals surface area (Å²) in [5.41, 5.74) is 2.65. The van der Waals surface area contributed by atoms with E-state index in [1.54, 1.807) is 6.07 Å². The summed E-state index contributed by atoms with van der Waals surface area (Å²) in [5, 5.41) is 5.62. The number of hydrogen-bond donors (Lipinski definition) is 2. The van der Waals surface area contributed by atoms with Crippen molar-refractivity contribution in [3.63, 3.8) is 0 Å². The van der Waals surface area contributed by atoms with Gasteiger partial charge in [0.2, 0.25) is 5.91 Å². The van der Waals surface area contributed by atoms with Crippen molar-refractivity contribution in [3.05, 3.63) is 143 Å². The van der Waals surface area contributed by atoms with E-state index in [0.717, 1.165) is 73.6 Å². The Kier molecular flexibility index (Phi) is 11.9. The van der Waals surface area contributed by atoms with Crippen LogP contribution in [0.5, 0.6) is 0 Å². The molecule has 5 rings (SSSR count). The van der Waals surface area contributed by atoms with Gasteiger partial charge in [-0.2, -0.15) is 13.2 Å². The van der Waals surface area contributed by atoms with Gasteiger partial charge < -0.3 is 20.3 Å². The third-order valence-corrected chi connectivity index (χ3v) is 9.20. The minimum Gasteiger partial charge on any atom is -0.445 e. The zero-order valence-corrected chi connectivity index (χ0v) is 26.9. The smallest absolute Gasteiger partial charge is 0.416 e. The summed E-state index contributed by atoms with van der Waals surface area (Å²) >= 11 is 0. The maximum absolute atomic E-state index is 13.3. The Hall–Kier alpha value is -4.63. The quantitative estimate of drug-likeness (QED) is 0.155. The van der Waals surface area contributed by atoms with Crippen molar-refractivity contribution in [2.45, 2.75) is 49.8 Å². The van der Waals surface area contributed by atoms with Crippen LogP contribution in [0.3, 0.4) is 0 Å². The second-order valence-corrected chi connectivity index (χ2v) is 12.3. The molecule has 0 aromatic heterocycles. The molecule has 1 aliphatic heterocycles. The van der Waals surface area contributed by atoms with Gasteiger partial charge >= 0.3 is 12.3 Å². The number of carbonyl (C=O) groups is 2. The number of benzene rings is 4. The zero-order chi connectivity index (χ0) is 33.8. The van der Waals surface area contributed by atoms with Crippen LogP contribution < -0.4 is 10.6 Å². The van der Waals surface area contributed by atoms with Crippen LogP contribution in [0.1, 0.15) is 59.4 Å². The first-order valence-corrected chi connectivity index (χ1v) is 16.4. The number of alkyl halides is 3. The predicted octanol–water partition coefficient (Wildman–Crippen LogP) is 7.69. The number of alkyl carbamates (subject to hydrolysis) is 1. The molecule has 1 heterocycles. The van der Waals surface area contributed by atoms with Crippen molar-refractivity contribution in [3.8, 4) is 0 Å². The maximum atomic E-state index is 13.3. The van der Waals surface area contributed by atoms with E-state index in [0.29, 0.717) is 6.54 Å². The number of amides is 2. The highest BCUT2D eigenvalue weighted by molar-refractivity contribution is 5.82. The Labute approximate surface area is 280 Å². The number of rotatable bonds is 13. The van der Waals surface area contributed by atoms with Gasteiger partial charge in [-0.15, -0.1) is 0 Å². The summed E-state index contributed by atoms with van der Waals surface area (Å²) in [6.45, 7) is 2.69. The van der Waals surface area contributed by atoms with E-state index < -0.39 is 23.2 Å². The summed E-state index contributed by atoms with van der Waals surface area (Å²) in [6.07, 6.45) is -1.80. The number of nitrogens with one attached hydrogen (secondary N) is 2. The molecule has 2 N–H and O–H groups in total.